The van der Waals surface area contributed by atoms with Crippen LogP contribution >= 0.6 is 0 Å². The second kappa shape index (κ2) is 4.96. The van der Waals surface area contributed by atoms with Gasteiger partial charge in [0.25, 0.3) is 0 Å². The van der Waals surface area contributed by atoms with Crippen molar-refractivity contribution >= 4 is 26.3 Å². The molecule has 2 unspecified atom stereocenters. The molecular weight excluding hydrogens is 309 g/mol. The third-order valence-corrected chi connectivity index (χ3v) is 3.48. The summed E-state index contributed by atoms with van der Waals surface area (Å²) in [5, 5.41) is 28.4. The van der Waals surface area contributed by atoms with Gasteiger partial charge in [-0.05, 0) is 0 Å². The predicted molar refractivity (Wildman–Crippen MR) is 62.7 cm³/mol. The normalized spacial score (nSPS) is 31.8. The van der Waals surface area contributed by atoms with Crippen molar-refractivity contribution in [3.63, 3.8) is 0 Å². The zero-order chi connectivity index (χ0) is 13.4. The van der Waals surface area contributed by atoms with Gasteiger partial charge >= 0.3 is 109 Å². The van der Waals surface area contributed by atoms with Crippen LogP contribution in [-0.4, -0.2) is 65.8 Å². The first kappa shape index (κ1) is 13.5. The zero-order valence-corrected chi connectivity index (χ0v) is 11.0. The number of rotatable bonds is 2. The van der Waals surface area contributed by atoms with E-state index in [-0.39, 0.29) is 5.82 Å². The SMILES string of the molecule is Nc1nc(=O)n([C@@H]2O[C@H](CO)C(O)C2O)cc1[SeH]. The number of ether oxygens (including phenoxy) is 1. The molecule has 100 valence electrons. The molecule has 8 nitrogen and oxygen atoms in total. The molecule has 1 aliphatic rings. The Hall–Kier alpha value is -0.961. The van der Waals surface area contributed by atoms with E-state index in [1.54, 1.807) is 0 Å². The summed E-state index contributed by atoms with van der Waals surface area (Å²) in [4.78, 5) is 15.2. The Morgan fingerprint density at radius 2 is 2.17 bits per heavy atom. The van der Waals surface area contributed by atoms with Crippen LogP contribution in [0.3, 0.4) is 0 Å². The van der Waals surface area contributed by atoms with E-state index in [9.17, 15) is 15.0 Å². The zero-order valence-electron chi connectivity index (χ0n) is 9.17. The van der Waals surface area contributed by atoms with Gasteiger partial charge in [-0.2, -0.15) is 0 Å². The van der Waals surface area contributed by atoms with E-state index in [1.807, 2.05) is 0 Å². The summed E-state index contributed by atoms with van der Waals surface area (Å²) in [5.41, 5.74) is 4.77. The summed E-state index contributed by atoms with van der Waals surface area (Å²) in [5.74, 6) is 0.0722. The molecule has 2 heterocycles. The molecule has 1 aromatic heterocycles. The second-order valence-corrected chi connectivity index (χ2v) is 4.94. The van der Waals surface area contributed by atoms with Gasteiger partial charge in [-0.25, -0.2) is 0 Å². The molecule has 1 aromatic rings. The van der Waals surface area contributed by atoms with Crippen molar-refractivity contribution in [2.75, 3.05) is 12.3 Å². The van der Waals surface area contributed by atoms with Crippen molar-refractivity contribution in [2.45, 2.75) is 24.5 Å². The van der Waals surface area contributed by atoms with Crippen molar-refractivity contribution < 1.29 is 20.1 Å². The molecule has 18 heavy (non-hydrogen) atoms. The number of anilines is 1. The first-order valence-electron chi connectivity index (χ1n) is 5.15. The fraction of sp³-hybridized carbons (Fsp3) is 0.556. The van der Waals surface area contributed by atoms with Crippen LogP contribution in [0.1, 0.15) is 6.23 Å². The van der Waals surface area contributed by atoms with Gasteiger partial charge in [0.05, 0.1) is 0 Å². The Labute approximate surface area is 110 Å². The molecule has 0 spiro atoms. The maximum atomic E-state index is 11.7. The van der Waals surface area contributed by atoms with Gasteiger partial charge in [-0.15, -0.1) is 0 Å². The Kier molecular flexibility index (Phi) is 3.71. The molecule has 1 saturated heterocycles. The Bertz CT molecular complexity index is 507. The van der Waals surface area contributed by atoms with E-state index < -0.39 is 36.8 Å². The molecule has 0 radical (unpaired) electrons. The standard InChI is InChI=1S/C9H13N3O5Se/c10-7-4(18)1-12(9(16)11-7)8-6(15)5(14)3(2-13)17-8/h1,3,5-6,8,13-15,18H,2H2,(H2,10,11,16)/t3-,5?,6?,8-/m1/s1. The van der Waals surface area contributed by atoms with E-state index in [2.05, 4.69) is 21.0 Å². The van der Waals surface area contributed by atoms with E-state index in [1.165, 1.54) is 6.20 Å². The topological polar surface area (TPSA) is 131 Å². The number of hydrogen-bond acceptors (Lipinski definition) is 7. The van der Waals surface area contributed by atoms with Crippen LogP contribution in [-0.2, 0) is 4.74 Å². The Morgan fingerprint density at radius 1 is 1.50 bits per heavy atom. The Morgan fingerprint density at radius 3 is 2.72 bits per heavy atom. The van der Waals surface area contributed by atoms with Gasteiger partial charge in [-0.1, -0.05) is 0 Å². The average molecular weight is 322 g/mol. The number of aromatic nitrogens is 2. The average Bonchev–Trinajstić information content (AvgIpc) is 2.61. The third kappa shape index (κ3) is 2.16. The van der Waals surface area contributed by atoms with Crippen LogP contribution < -0.4 is 15.9 Å². The summed E-state index contributed by atoms with van der Waals surface area (Å²) < 4.78 is 6.74. The van der Waals surface area contributed by atoms with Crippen LogP contribution in [0.25, 0.3) is 0 Å². The quantitative estimate of drug-likeness (QED) is 0.408. The summed E-state index contributed by atoms with van der Waals surface area (Å²) in [7, 11) is 0. The second-order valence-electron chi connectivity index (χ2n) is 3.93. The summed E-state index contributed by atoms with van der Waals surface area (Å²) in [6, 6.07) is 0. The van der Waals surface area contributed by atoms with Crippen molar-refractivity contribution in [2.24, 2.45) is 0 Å². The number of nitrogen functional groups attached to an aromatic ring is 1. The number of hydrogen-bond donors (Lipinski definition) is 4. The van der Waals surface area contributed by atoms with Crippen LogP contribution in [0.4, 0.5) is 5.82 Å². The first-order valence-corrected chi connectivity index (χ1v) is 6.09. The Balaban J connectivity index is 2.39. The monoisotopic (exact) mass is 323 g/mol. The van der Waals surface area contributed by atoms with Crippen molar-refractivity contribution in [1.82, 2.24) is 9.55 Å². The maximum absolute atomic E-state index is 11.7. The third-order valence-electron chi connectivity index (χ3n) is 2.75. The van der Waals surface area contributed by atoms with E-state index in [0.717, 1.165) is 4.57 Å². The molecule has 0 aromatic carbocycles. The predicted octanol–water partition coefficient (Wildman–Crippen LogP) is -4.04. The van der Waals surface area contributed by atoms with Gasteiger partial charge in [0.1, 0.15) is 0 Å². The van der Waals surface area contributed by atoms with Crippen LogP contribution in [0.5, 0.6) is 0 Å². The number of aliphatic hydroxyl groups is 3. The van der Waals surface area contributed by atoms with Gasteiger partial charge in [0, 0.05) is 0 Å². The summed E-state index contributed by atoms with van der Waals surface area (Å²) in [6.45, 7) is -0.457. The molecule has 0 saturated carbocycles. The molecule has 0 aliphatic carbocycles. The molecule has 4 atom stereocenters. The molecule has 9 heteroatoms. The van der Waals surface area contributed by atoms with E-state index >= 15 is 0 Å². The van der Waals surface area contributed by atoms with Gasteiger partial charge in [-0.3, -0.25) is 0 Å². The molecule has 1 aliphatic heterocycles. The van der Waals surface area contributed by atoms with Crippen LogP contribution in [0.15, 0.2) is 11.0 Å². The van der Waals surface area contributed by atoms with Crippen molar-refractivity contribution in [1.29, 1.82) is 0 Å². The van der Waals surface area contributed by atoms with Crippen LogP contribution in [0.2, 0.25) is 0 Å². The summed E-state index contributed by atoms with van der Waals surface area (Å²) >= 11 is 2.13. The molecule has 0 amide bonds. The summed E-state index contributed by atoms with van der Waals surface area (Å²) in [6.07, 6.45) is -3.26. The molecule has 2 rings (SSSR count). The molecule has 5 N–H and O–H groups in total. The van der Waals surface area contributed by atoms with Crippen molar-refractivity contribution in [3.8, 4) is 0 Å². The van der Waals surface area contributed by atoms with Crippen LogP contribution in [0, 0.1) is 0 Å². The minimum absolute atomic E-state index is 0.0722. The van der Waals surface area contributed by atoms with Gasteiger partial charge in [0.2, 0.25) is 0 Å². The molecule has 0 bridgehead atoms. The first-order chi connectivity index (χ1) is 8.45. The fourth-order valence-electron chi connectivity index (χ4n) is 1.76. The molecular formula is C9H13N3O5Se. The van der Waals surface area contributed by atoms with E-state index in [0.29, 0.717) is 4.46 Å². The van der Waals surface area contributed by atoms with Gasteiger partial charge in [0.15, 0.2) is 0 Å². The van der Waals surface area contributed by atoms with Gasteiger partial charge < -0.3 is 0 Å². The minimum atomic E-state index is -1.32. The fourth-order valence-corrected chi connectivity index (χ4v) is 2.13. The number of aliphatic hydroxyl groups excluding tert-OH is 3. The van der Waals surface area contributed by atoms with Crippen molar-refractivity contribution in [3.05, 3.63) is 16.7 Å². The molecule has 1 fully saturated rings. The number of nitrogens with two attached hydrogens (primary N) is 1. The van der Waals surface area contributed by atoms with E-state index in [4.69, 9.17) is 15.6 Å². The number of nitrogens with zero attached hydrogens (tertiary/aromatic N) is 2.